The van der Waals surface area contributed by atoms with Gasteiger partial charge in [-0.15, -0.1) is 5.10 Å². The summed E-state index contributed by atoms with van der Waals surface area (Å²) in [5.41, 5.74) is 1.66. The number of aromatic amines is 1. The van der Waals surface area contributed by atoms with Gasteiger partial charge in [-0.05, 0) is 11.3 Å². The van der Waals surface area contributed by atoms with Crippen molar-refractivity contribution < 1.29 is 9.85 Å². The molecule has 0 aliphatic heterocycles. The van der Waals surface area contributed by atoms with Gasteiger partial charge in [0.15, 0.2) is 0 Å². The second-order valence-electron chi connectivity index (χ2n) is 3.36. The van der Waals surface area contributed by atoms with Crippen LogP contribution in [0.5, 0.6) is 0 Å². The summed E-state index contributed by atoms with van der Waals surface area (Å²) in [6.45, 7) is 0. The molecule has 0 spiro atoms. The Hall–Kier alpha value is -3.44. The summed E-state index contributed by atoms with van der Waals surface area (Å²) in [5, 5.41) is 37.6. The van der Waals surface area contributed by atoms with Gasteiger partial charge in [-0.25, -0.2) is 5.43 Å². The Kier molecular flexibility index (Phi) is 3.56. The van der Waals surface area contributed by atoms with E-state index in [1.54, 1.807) is 0 Å². The number of aromatic nitrogens is 4. The molecule has 20 heavy (non-hydrogen) atoms. The Morgan fingerprint density at radius 2 is 2.10 bits per heavy atom. The summed E-state index contributed by atoms with van der Waals surface area (Å²) in [7, 11) is 0. The fourth-order valence-electron chi connectivity index (χ4n) is 1.28. The van der Waals surface area contributed by atoms with Gasteiger partial charge >= 0.3 is 0 Å². The largest absolute Gasteiger partial charge is 0.285 e. The van der Waals surface area contributed by atoms with Gasteiger partial charge in [0.1, 0.15) is 0 Å². The zero-order chi connectivity index (χ0) is 14.5. The number of anilines is 1. The highest BCUT2D eigenvalue weighted by Crippen LogP contribution is 2.23. The van der Waals surface area contributed by atoms with Crippen LogP contribution in [0.15, 0.2) is 23.3 Å². The Labute approximate surface area is 109 Å². The lowest BCUT2D eigenvalue weighted by molar-refractivity contribution is -0.394. The summed E-state index contributed by atoms with van der Waals surface area (Å²) >= 11 is 0. The number of benzene rings is 1. The van der Waals surface area contributed by atoms with Gasteiger partial charge in [0, 0.05) is 6.07 Å². The average Bonchev–Trinajstić information content (AvgIpc) is 2.91. The number of rotatable bonds is 5. The molecule has 0 aliphatic carbocycles. The fourth-order valence-corrected chi connectivity index (χ4v) is 1.28. The first-order chi connectivity index (χ1) is 9.58. The maximum absolute atomic E-state index is 10.8. The molecule has 0 fully saturated rings. The van der Waals surface area contributed by atoms with Crippen LogP contribution in [0.3, 0.4) is 0 Å². The molecule has 1 aromatic carbocycles. The zero-order valence-corrected chi connectivity index (χ0v) is 9.63. The van der Waals surface area contributed by atoms with Crippen molar-refractivity contribution in [1.29, 1.82) is 0 Å². The zero-order valence-electron chi connectivity index (χ0n) is 9.63. The van der Waals surface area contributed by atoms with Crippen LogP contribution in [0, 0.1) is 20.2 Å². The van der Waals surface area contributed by atoms with E-state index in [4.69, 9.17) is 0 Å². The molecule has 0 saturated carbocycles. The van der Waals surface area contributed by atoms with E-state index in [9.17, 15) is 20.2 Å². The molecule has 2 N–H and O–H groups in total. The highest BCUT2D eigenvalue weighted by atomic mass is 16.6. The minimum absolute atomic E-state index is 0.0748. The van der Waals surface area contributed by atoms with E-state index in [0.29, 0.717) is 0 Å². The average molecular weight is 278 g/mol. The summed E-state index contributed by atoms with van der Waals surface area (Å²) in [6, 6.07) is 3.22. The maximum atomic E-state index is 10.8. The maximum Gasteiger partial charge on any atom is 0.285 e. The van der Waals surface area contributed by atoms with Crippen molar-refractivity contribution in [1.82, 2.24) is 20.6 Å². The second kappa shape index (κ2) is 5.47. The van der Waals surface area contributed by atoms with Gasteiger partial charge in [0.05, 0.1) is 27.7 Å². The number of nitro benzene ring substituents is 2. The molecule has 12 nitrogen and oxygen atoms in total. The second-order valence-corrected chi connectivity index (χ2v) is 3.36. The SMILES string of the molecule is O=[N+]([O-])c1ccc(C=NNc2nn[nH]n2)c([N+](=O)[O-])c1. The van der Waals surface area contributed by atoms with E-state index < -0.39 is 15.5 Å². The van der Waals surface area contributed by atoms with E-state index in [-0.39, 0.29) is 17.2 Å². The van der Waals surface area contributed by atoms with Crippen LogP contribution in [0.2, 0.25) is 0 Å². The smallest absolute Gasteiger partial charge is 0.258 e. The monoisotopic (exact) mass is 278 g/mol. The molecule has 0 atom stereocenters. The molecule has 0 unspecified atom stereocenters. The number of H-pyrrole nitrogens is 1. The third-order valence-corrected chi connectivity index (χ3v) is 2.14. The number of nitro groups is 2. The van der Waals surface area contributed by atoms with Crippen molar-refractivity contribution in [2.75, 3.05) is 5.43 Å². The predicted molar refractivity (Wildman–Crippen MR) is 65.1 cm³/mol. The van der Waals surface area contributed by atoms with Crippen LogP contribution in [0.25, 0.3) is 0 Å². The summed E-state index contributed by atoms with van der Waals surface area (Å²) in [4.78, 5) is 20.0. The molecule has 0 radical (unpaired) electrons. The first kappa shape index (κ1) is 13.0. The molecule has 2 rings (SSSR count). The highest BCUT2D eigenvalue weighted by Gasteiger charge is 2.18. The topological polar surface area (TPSA) is 165 Å². The lowest BCUT2D eigenvalue weighted by atomic mass is 10.2. The Morgan fingerprint density at radius 1 is 1.30 bits per heavy atom. The Morgan fingerprint density at radius 3 is 2.70 bits per heavy atom. The molecule has 12 heteroatoms. The lowest BCUT2D eigenvalue weighted by Crippen LogP contribution is -1.99. The molecular weight excluding hydrogens is 272 g/mol. The third-order valence-electron chi connectivity index (χ3n) is 2.14. The molecule has 0 bridgehead atoms. The fraction of sp³-hybridized carbons (Fsp3) is 0. The number of nitrogens with zero attached hydrogens (tertiary/aromatic N) is 6. The predicted octanol–water partition coefficient (Wildman–Crippen LogP) is 0.462. The van der Waals surface area contributed by atoms with Crippen molar-refractivity contribution in [2.45, 2.75) is 0 Å². The van der Waals surface area contributed by atoms with Crippen molar-refractivity contribution in [3.05, 3.63) is 44.0 Å². The molecule has 1 aromatic heterocycles. The van der Waals surface area contributed by atoms with Gasteiger partial charge in [-0.2, -0.15) is 10.3 Å². The third kappa shape index (κ3) is 2.87. The van der Waals surface area contributed by atoms with E-state index in [0.717, 1.165) is 18.3 Å². The van der Waals surface area contributed by atoms with E-state index in [1.165, 1.54) is 6.07 Å². The first-order valence-corrected chi connectivity index (χ1v) is 5.03. The molecule has 102 valence electrons. The van der Waals surface area contributed by atoms with Crippen molar-refractivity contribution >= 4 is 23.5 Å². The van der Waals surface area contributed by atoms with Crippen molar-refractivity contribution in [3.8, 4) is 0 Å². The number of tetrazole rings is 1. The van der Waals surface area contributed by atoms with Crippen LogP contribution < -0.4 is 5.43 Å². The standard InChI is InChI=1S/C8H6N8O4/c17-15(18)6-2-1-5(7(3-6)16(19)20)4-9-10-8-11-13-14-12-8/h1-4H,(H2,10,11,12,13,14). The highest BCUT2D eigenvalue weighted by molar-refractivity contribution is 5.86. The van der Waals surface area contributed by atoms with Crippen LogP contribution >= 0.6 is 0 Å². The van der Waals surface area contributed by atoms with Gasteiger partial charge in [-0.3, -0.25) is 20.2 Å². The summed E-state index contributed by atoms with van der Waals surface area (Å²) in [6.07, 6.45) is 1.12. The molecule has 0 aliphatic rings. The molecular formula is C8H6N8O4. The lowest BCUT2D eigenvalue weighted by Gasteiger charge is -1.97. The van der Waals surface area contributed by atoms with E-state index >= 15 is 0 Å². The van der Waals surface area contributed by atoms with Gasteiger partial charge < -0.3 is 0 Å². The van der Waals surface area contributed by atoms with Crippen molar-refractivity contribution in [2.24, 2.45) is 5.10 Å². The normalized spacial score (nSPS) is 10.6. The number of non-ortho nitro benzene ring substituents is 1. The quantitative estimate of drug-likeness (QED) is 0.452. The molecule has 2 aromatic rings. The van der Waals surface area contributed by atoms with E-state index in [1.807, 2.05) is 0 Å². The summed E-state index contributed by atoms with van der Waals surface area (Å²) < 4.78 is 0. The van der Waals surface area contributed by atoms with Crippen LogP contribution in [-0.2, 0) is 0 Å². The number of hydrazone groups is 1. The van der Waals surface area contributed by atoms with Crippen LogP contribution in [0.1, 0.15) is 5.56 Å². The minimum Gasteiger partial charge on any atom is -0.258 e. The van der Waals surface area contributed by atoms with Gasteiger partial charge in [0.25, 0.3) is 17.3 Å². The molecule has 0 saturated heterocycles. The van der Waals surface area contributed by atoms with Crippen LogP contribution in [0.4, 0.5) is 17.3 Å². The first-order valence-electron chi connectivity index (χ1n) is 5.03. The summed E-state index contributed by atoms with van der Waals surface area (Å²) in [5.74, 6) is 0.0748. The number of nitrogens with one attached hydrogen (secondary N) is 2. The number of hydrogen-bond donors (Lipinski definition) is 2. The van der Waals surface area contributed by atoms with Gasteiger partial charge in [0.2, 0.25) is 0 Å². The molecule has 0 amide bonds. The van der Waals surface area contributed by atoms with Crippen LogP contribution in [-0.4, -0.2) is 36.7 Å². The number of hydrogen-bond acceptors (Lipinski definition) is 9. The Balaban J connectivity index is 2.24. The van der Waals surface area contributed by atoms with Crippen molar-refractivity contribution in [3.63, 3.8) is 0 Å². The van der Waals surface area contributed by atoms with Gasteiger partial charge in [-0.1, -0.05) is 5.10 Å². The van der Waals surface area contributed by atoms with E-state index in [2.05, 4.69) is 31.2 Å². The Bertz CT molecular complexity index is 667. The minimum atomic E-state index is -0.733. The molecule has 1 heterocycles.